The molecule has 0 fully saturated rings. The molecule has 2 aromatic rings. The Bertz CT molecular complexity index is 923. The summed E-state index contributed by atoms with van der Waals surface area (Å²) in [6, 6.07) is 5.88. The highest BCUT2D eigenvalue weighted by Crippen LogP contribution is 2.31. The zero-order chi connectivity index (χ0) is 17.9. The van der Waals surface area contributed by atoms with E-state index in [0.717, 1.165) is 0 Å². The molecule has 5 N–H and O–H groups in total. The monoisotopic (exact) mass is 328 g/mol. The van der Waals surface area contributed by atoms with Gasteiger partial charge in [0.1, 0.15) is 29.3 Å². The van der Waals surface area contributed by atoms with E-state index in [1.54, 1.807) is 6.07 Å². The van der Waals surface area contributed by atoms with Crippen molar-refractivity contribution in [3.8, 4) is 29.2 Å². The zero-order valence-electron chi connectivity index (χ0n) is 12.2. The lowest BCUT2D eigenvalue weighted by molar-refractivity contribution is 0.0695. The third-order valence-electron chi connectivity index (χ3n) is 3.12. The van der Waals surface area contributed by atoms with Crippen molar-refractivity contribution < 1.29 is 24.5 Å². The van der Waals surface area contributed by atoms with Crippen molar-refractivity contribution in [3.05, 3.63) is 45.7 Å². The molecule has 122 valence electrons. The normalized spacial score (nSPS) is 9.96. The quantitative estimate of drug-likeness (QED) is 0.600. The standard InChI is InChI=1S/C16H12N2O6/c1-2-6-24-9-5-3-4-8(7-9)10-11(15(20)21)13(17)18-14(19)12(10)16(22)23/h1,3-5,7H,6H2,(H,20,21)(H,22,23)(H3,17,18,19). The van der Waals surface area contributed by atoms with Crippen LogP contribution in [0.5, 0.6) is 5.75 Å². The number of aromatic amines is 1. The third-order valence-corrected chi connectivity index (χ3v) is 3.12. The van der Waals surface area contributed by atoms with Gasteiger partial charge >= 0.3 is 11.9 Å². The fourth-order valence-corrected chi connectivity index (χ4v) is 2.20. The first kappa shape index (κ1) is 16.6. The van der Waals surface area contributed by atoms with Crippen molar-refractivity contribution >= 4 is 17.8 Å². The van der Waals surface area contributed by atoms with Gasteiger partial charge in [-0.15, -0.1) is 6.42 Å². The number of anilines is 1. The second-order valence-electron chi connectivity index (χ2n) is 4.62. The summed E-state index contributed by atoms with van der Waals surface area (Å²) in [4.78, 5) is 36.9. The average Bonchev–Trinajstić information content (AvgIpc) is 2.51. The van der Waals surface area contributed by atoms with Crippen LogP contribution in [0.2, 0.25) is 0 Å². The summed E-state index contributed by atoms with van der Waals surface area (Å²) in [6.07, 6.45) is 5.10. The van der Waals surface area contributed by atoms with Crippen LogP contribution >= 0.6 is 0 Å². The third kappa shape index (κ3) is 3.05. The maximum absolute atomic E-state index is 11.9. The molecule has 0 aliphatic carbocycles. The van der Waals surface area contributed by atoms with Crippen molar-refractivity contribution in [2.24, 2.45) is 0 Å². The fraction of sp³-hybridized carbons (Fsp3) is 0.0625. The van der Waals surface area contributed by atoms with Crippen LogP contribution in [0.3, 0.4) is 0 Å². The lowest BCUT2D eigenvalue weighted by Gasteiger charge is -2.13. The minimum Gasteiger partial charge on any atom is -0.481 e. The molecule has 0 saturated carbocycles. The number of carboxylic acids is 2. The van der Waals surface area contributed by atoms with Crippen LogP contribution in [-0.2, 0) is 0 Å². The topological polar surface area (TPSA) is 143 Å². The summed E-state index contributed by atoms with van der Waals surface area (Å²) in [5.41, 5.74) is 3.16. The molecule has 8 heteroatoms. The molecule has 2 rings (SSSR count). The smallest absolute Gasteiger partial charge is 0.342 e. The Kier molecular flexibility index (Phi) is 4.56. The van der Waals surface area contributed by atoms with Crippen LogP contribution in [-0.4, -0.2) is 33.7 Å². The maximum atomic E-state index is 11.9. The first-order valence-electron chi connectivity index (χ1n) is 6.55. The van der Waals surface area contributed by atoms with Gasteiger partial charge in [0.2, 0.25) is 0 Å². The van der Waals surface area contributed by atoms with Gasteiger partial charge in [-0.1, -0.05) is 18.1 Å². The van der Waals surface area contributed by atoms with Crippen LogP contribution in [0.25, 0.3) is 11.1 Å². The van der Waals surface area contributed by atoms with Crippen molar-refractivity contribution in [1.82, 2.24) is 4.98 Å². The van der Waals surface area contributed by atoms with Gasteiger partial charge in [-0.2, -0.15) is 0 Å². The van der Waals surface area contributed by atoms with E-state index in [2.05, 4.69) is 5.92 Å². The van der Waals surface area contributed by atoms with Gasteiger partial charge in [0.05, 0.1) is 0 Å². The zero-order valence-corrected chi connectivity index (χ0v) is 12.2. The van der Waals surface area contributed by atoms with Gasteiger partial charge in [0.15, 0.2) is 0 Å². The molecule has 0 bridgehead atoms. The summed E-state index contributed by atoms with van der Waals surface area (Å²) < 4.78 is 5.23. The van der Waals surface area contributed by atoms with Gasteiger partial charge in [-0.25, -0.2) is 9.59 Å². The minimum absolute atomic E-state index is 0.0292. The molecule has 0 unspecified atom stereocenters. The van der Waals surface area contributed by atoms with Gasteiger partial charge < -0.3 is 25.7 Å². The van der Waals surface area contributed by atoms with Crippen molar-refractivity contribution in [1.29, 1.82) is 0 Å². The summed E-state index contributed by atoms with van der Waals surface area (Å²) >= 11 is 0. The molecule has 1 heterocycles. The number of aromatic carboxylic acids is 2. The van der Waals surface area contributed by atoms with E-state index in [9.17, 15) is 24.6 Å². The summed E-state index contributed by atoms with van der Waals surface area (Å²) in [7, 11) is 0. The van der Waals surface area contributed by atoms with Crippen molar-refractivity contribution in [2.75, 3.05) is 12.3 Å². The number of aromatic nitrogens is 1. The molecular weight excluding hydrogens is 316 g/mol. The summed E-state index contributed by atoms with van der Waals surface area (Å²) in [6.45, 7) is -0.0292. The van der Waals surface area contributed by atoms with E-state index < -0.39 is 34.4 Å². The Morgan fingerprint density at radius 2 is 1.92 bits per heavy atom. The summed E-state index contributed by atoms with van der Waals surface area (Å²) in [5.74, 6) is -0.942. The highest BCUT2D eigenvalue weighted by molar-refractivity contribution is 6.07. The Labute approximate surface area is 135 Å². The number of carbonyl (C=O) groups is 2. The van der Waals surface area contributed by atoms with E-state index in [4.69, 9.17) is 16.9 Å². The molecule has 1 aromatic heterocycles. The number of nitrogens with two attached hydrogens (primary N) is 1. The molecule has 0 aliphatic heterocycles. The predicted molar refractivity (Wildman–Crippen MR) is 85.2 cm³/mol. The number of pyridine rings is 1. The van der Waals surface area contributed by atoms with Crippen LogP contribution in [0.15, 0.2) is 29.1 Å². The number of terminal acetylenes is 1. The number of H-pyrrole nitrogens is 1. The molecule has 24 heavy (non-hydrogen) atoms. The number of rotatable bonds is 5. The summed E-state index contributed by atoms with van der Waals surface area (Å²) in [5, 5.41) is 18.7. The predicted octanol–water partition coefficient (Wildman–Crippen LogP) is 1.03. The van der Waals surface area contributed by atoms with E-state index in [-0.39, 0.29) is 23.5 Å². The molecule has 0 spiro atoms. The van der Waals surface area contributed by atoms with Gasteiger partial charge in [-0.05, 0) is 17.7 Å². The molecule has 8 nitrogen and oxygen atoms in total. The van der Waals surface area contributed by atoms with Gasteiger partial charge in [0.25, 0.3) is 5.56 Å². The number of carboxylic acid groups (broad SMARTS) is 2. The molecular formula is C16H12N2O6. The van der Waals surface area contributed by atoms with Crippen LogP contribution in [0.4, 0.5) is 5.82 Å². The van der Waals surface area contributed by atoms with Crippen LogP contribution in [0.1, 0.15) is 20.7 Å². The molecule has 0 radical (unpaired) electrons. The van der Waals surface area contributed by atoms with Crippen molar-refractivity contribution in [3.63, 3.8) is 0 Å². The number of nitrogens with one attached hydrogen (secondary N) is 1. The lowest BCUT2D eigenvalue weighted by Crippen LogP contribution is -2.24. The van der Waals surface area contributed by atoms with Crippen LogP contribution < -0.4 is 16.0 Å². The molecule has 1 aromatic carbocycles. The Morgan fingerprint density at radius 1 is 1.25 bits per heavy atom. The Balaban J connectivity index is 2.82. The number of nitrogen functional groups attached to an aromatic ring is 1. The number of ether oxygens (including phenoxy) is 1. The Hall–Kier alpha value is -3.73. The molecule has 0 aliphatic rings. The molecule has 0 saturated heterocycles. The Morgan fingerprint density at radius 3 is 2.50 bits per heavy atom. The van der Waals surface area contributed by atoms with Crippen LogP contribution in [0, 0.1) is 12.3 Å². The highest BCUT2D eigenvalue weighted by atomic mass is 16.5. The molecule has 0 atom stereocenters. The first-order chi connectivity index (χ1) is 11.4. The van der Waals surface area contributed by atoms with Crippen molar-refractivity contribution in [2.45, 2.75) is 0 Å². The average molecular weight is 328 g/mol. The fourth-order valence-electron chi connectivity index (χ4n) is 2.20. The second kappa shape index (κ2) is 6.58. The first-order valence-corrected chi connectivity index (χ1v) is 6.55. The van der Waals surface area contributed by atoms with Gasteiger partial charge in [0, 0.05) is 5.56 Å². The van der Waals surface area contributed by atoms with E-state index in [1.807, 2.05) is 4.98 Å². The number of benzene rings is 1. The SMILES string of the molecule is C#CCOc1cccc(-c2c(C(=O)O)c(N)[nH]c(=O)c2C(=O)O)c1. The second-order valence-corrected chi connectivity index (χ2v) is 4.62. The van der Waals surface area contributed by atoms with E-state index in [1.165, 1.54) is 18.2 Å². The maximum Gasteiger partial charge on any atom is 0.342 e. The van der Waals surface area contributed by atoms with E-state index >= 15 is 0 Å². The minimum atomic E-state index is -1.58. The largest absolute Gasteiger partial charge is 0.481 e. The number of hydrogen-bond donors (Lipinski definition) is 4. The lowest BCUT2D eigenvalue weighted by atomic mass is 9.95. The van der Waals surface area contributed by atoms with E-state index in [0.29, 0.717) is 0 Å². The van der Waals surface area contributed by atoms with Gasteiger partial charge in [-0.3, -0.25) is 4.79 Å². The number of hydrogen-bond acceptors (Lipinski definition) is 5. The molecule has 0 amide bonds. The highest BCUT2D eigenvalue weighted by Gasteiger charge is 2.26.